The quantitative estimate of drug-likeness (QED) is 0.716. The molecular formula is C15H14ClN3. The van der Waals surface area contributed by atoms with Crippen LogP contribution in [0.2, 0.25) is 5.02 Å². The summed E-state index contributed by atoms with van der Waals surface area (Å²) in [5.41, 5.74) is 9.72. The normalized spacial score (nSPS) is 11.0. The lowest BCUT2D eigenvalue weighted by molar-refractivity contribution is 0.890. The molecule has 0 atom stereocenters. The van der Waals surface area contributed by atoms with Crippen molar-refractivity contribution in [3.63, 3.8) is 0 Å². The van der Waals surface area contributed by atoms with Gasteiger partial charge in [0, 0.05) is 17.1 Å². The minimum atomic E-state index is 0.721. The number of benzene rings is 2. The van der Waals surface area contributed by atoms with Crippen molar-refractivity contribution >= 4 is 28.3 Å². The predicted octanol–water partition coefficient (Wildman–Crippen LogP) is 3.58. The third kappa shape index (κ3) is 2.71. The van der Waals surface area contributed by atoms with Gasteiger partial charge in [-0.15, -0.1) is 0 Å². The maximum atomic E-state index is 5.96. The van der Waals surface area contributed by atoms with Crippen LogP contribution in [0.25, 0.3) is 11.0 Å². The van der Waals surface area contributed by atoms with E-state index in [1.165, 1.54) is 5.56 Å². The number of aryl methyl sites for hydroxylation is 2. The summed E-state index contributed by atoms with van der Waals surface area (Å²) >= 11 is 5.96. The number of aromatic nitrogens is 2. The van der Waals surface area contributed by atoms with Crippen LogP contribution in [0, 0.1) is 0 Å². The monoisotopic (exact) mass is 271 g/mol. The van der Waals surface area contributed by atoms with Gasteiger partial charge in [0.1, 0.15) is 5.82 Å². The van der Waals surface area contributed by atoms with Crippen molar-refractivity contribution in [2.24, 2.45) is 0 Å². The fourth-order valence-corrected chi connectivity index (χ4v) is 2.34. The second-order valence-electron chi connectivity index (χ2n) is 4.59. The molecule has 0 fully saturated rings. The second kappa shape index (κ2) is 4.94. The Morgan fingerprint density at radius 1 is 1.11 bits per heavy atom. The molecule has 2 aromatic carbocycles. The summed E-state index contributed by atoms with van der Waals surface area (Å²) in [5, 5.41) is 0.721. The van der Waals surface area contributed by atoms with Crippen LogP contribution in [0.1, 0.15) is 11.4 Å². The summed E-state index contributed by atoms with van der Waals surface area (Å²) in [6.45, 7) is 0. The van der Waals surface area contributed by atoms with Crippen LogP contribution < -0.4 is 5.73 Å². The van der Waals surface area contributed by atoms with E-state index in [1.807, 2.05) is 36.4 Å². The zero-order valence-electron chi connectivity index (χ0n) is 10.4. The number of halogens is 1. The van der Waals surface area contributed by atoms with Gasteiger partial charge in [0.05, 0.1) is 11.0 Å². The number of nitrogens with two attached hydrogens (primary N) is 1. The molecular weight excluding hydrogens is 258 g/mol. The maximum absolute atomic E-state index is 5.96. The Hall–Kier alpha value is -2.00. The smallest absolute Gasteiger partial charge is 0.107 e. The molecule has 3 nitrogen and oxygen atoms in total. The number of nitrogens with one attached hydrogen (secondary N) is 1. The van der Waals surface area contributed by atoms with Crippen LogP contribution in [0.4, 0.5) is 5.69 Å². The molecule has 0 unspecified atom stereocenters. The summed E-state index contributed by atoms with van der Waals surface area (Å²) in [6.07, 6.45) is 1.77. The highest BCUT2D eigenvalue weighted by atomic mass is 35.5. The SMILES string of the molecule is Nc1cccc(CCc2nc3ccc(Cl)cc3[nH]2)c1. The van der Waals surface area contributed by atoms with E-state index >= 15 is 0 Å². The first-order valence-electron chi connectivity index (χ1n) is 6.19. The van der Waals surface area contributed by atoms with Gasteiger partial charge in [0.2, 0.25) is 0 Å². The molecule has 0 saturated heterocycles. The Balaban J connectivity index is 1.78. The molecule has 0 bridgehead atoms. The molecule has 96 valence electrons. The van der Waals surface area contributed by atoms with Crippen LogP contribution in [0.5, 0.6) is 0 Å². The molecule has 0 aliphatic carbocycles. The first kappa shape index (κ1) is 12.1. The first-order chi connectivity index (χ1) is 9.20. The van der Waals surface area contributed by atoms with Gasteiger partial charge in [-0.05, 0) is 42.3 Å². The van der Waals surface area contributed by atoms with E-state index in [1.54, 1.807) is 0 Å². The summed E-state index contributed by atoms with van der Waals surface area (Å²) in [4.78, 5) is 7.84. The summed E-state index contributed by atoms with van der Waals surface area (Å²) in [7, 11) is 0. The second-order valence-corrected chi connectivity index (χ2v) is 5.03. The standard InChI is InChI=1S/C15H14ClN3/c16-11-5-6-13-14(9-11)19-15(18-13)7-4-10-2-1-3-12(17)8-10/h1-3,5-6,8-9H,4,7,17H2,(H,18,19). The van der Waals surface area contributed by atoms with Crippen molar-refractivity contribution in [2.45, 2.75) is 12.8 Å². The van der Waals surface area contributed by atoms with E-state index in [4.69, 9.17) is 17.3 Å². The highest BCUT2D eigenvalue weighted by molar-refractivity contribution is 6.31. The molecule has 19 heavy (non-hydrogen) atoms. The van der Waals surface area contributed by atoms with E-state index in [0.717, 1.165) is 40.4 Å². The van der Waals surface area contributed by atoms with Gasteiger partial charge in [-0.25, -0.2) is 4.98 Å². The third-order valence-corrected chi connectivity index (χ3v) is 3.33. The predicted molar refractivity (Wildman–Crippen MR) is 79.4 cm³/mol. The van der Waals surface area contributed by atoms with Crippen LogP contribution in [0.15, 0.2) is 42.5 Å². The maximum Gasteiger partial charge on any atom is 0.107 e. The molecule has 0 saturated carbocycles. The number of nitrogens with zero attached hydrogens (tertiary/aromatic N) is 1. The number of hydrogen-bond donors (Lipinski definition) is 2. The zero-order chi connectivity index (χ0) is 13.2. The summed E-state index contributed by atoms with van der Waals surface area (Å²) < 4.78 is 0. The van der Waals surface area contributed by atoms with Gasteiger partial charge < -0.3 is 10.7 Å². The van der Waals surface area contributed by atoms with Crippen molar-refractivity contribution in [3.05, 3.63) is 58.9 Å². The minimum absolute atomic E-state index is 0.721. The number of H-pyrrole nitrogens is 1. The van der Waals surface area contributed by atoms with Gasteiger partial charge in [-0.1, -0.05) is 23.7 Å². The molecule has 0 spiro atoms. The Morgan fingerprint density at radius 3 is 2.84 bits per heavy atom. The van der Waals surface area contributed by atoms with Crippen molar-refractivity contribution in [1.82, 2.24) is 9.97 Å². The van der Waals surface area contributed by atoms with Gasteiger partial charge >= 0.3 is 0 Å². The number of nitrogen functional groups attached to an aromatic ring is 1. The van der Waals surface area contributed by atoms with E-state index in [0.29, 0.717) is 0 Å². The van der Waals surface area contributed by atoms with Crippen molar-refractivity contribution in [3.8, 4) is 0 Å². The number of imidazole rings is 1. The Bertz CT molecular complexity index is 718. The Kier molecular flexibility index (Phi) is 3.13. The van der Waals surface area contributed by atoms with Crippen LogP contribution in [0.3, 0.4) is 0 Å². The molecule has 0 radical (unpaired) electrons. The number of fused-ring (bicyclic) bond motifs is 1. The lowest BCUT2D eigenvalue weighted by atomic mass is 10.1. The van der Waals surface area contributed by atoms with E-state index in [2.05, 4.69) is 16.0 Å². The van der Waals surface area contributed by atoms with Crippen LogP contribution in [-0.4, -0.2) is 9.97 Å². The topological polar surface area (TPSA) is 54.7 Å². The molecule has 1 aromatic heterocycles. The fraction of sp³-hybridized carbons (Fsp3) is 0.133. The molecule has 3 N–H and O–H groups in total. The van der Waals surface area contributed by atoms with E-state index < -0.39 is 0 Å². The van der Waals surface area contributed by atoms with Crippen molar-refractivity contribution < 1.29 is 0 Å². The van der Waals surface area contributed by atoms with E-state index in [-0.39, 0.29) is 0 Å². The molecule has 3 rings (SSSR count). The van der Waals surface area contributed by atoms with Crippen molar-refractivity contribution in [2.75, 3.05) is 5.73 Å². The van der Waals surface area contributed by atoms with Crippen LogP contribution >= 0.6 is 11.6 Å². The number of rotatable bonds is 3. The Labute approximate surface area is 116 Å². The first-order valence-corrected chi connectivity index (χ1v) is 6.57. The highest BCUT2D eigenvalue weighted by Crippen LogP contribution is 2.18. The Morgan fingerprint density at radius 2 is 2.00 bits per heavy atom. The molecule has 3 aromatic rings. The average Bonchev–Trinajstić information content (AvgIpc) is 2.78. The highest BCUT2D eigenvalue weighted by Gasteiger charge is 2.04. The molecule has 4 heteroatoms. The number of hydrogen-bond acceptors (Lipinski definition) is 2. The van der Waals surface area contributed by atoms with Crippen molar-refractivity contribution in [1.29, 1.82) is 0 Å². The lowest BCUT2D eigenvalue weighted by Crippen LogP contribution is -1.94. The minimum Gasteiger partial charge on any atom is -0.399 e. The van der Waals surface area contributed by atoms with Gasteiger partial charge in [0.15, 0.2) is 0 Å². The molecule has 0 aliphatic rings. The van der Waals surface area contributed by atoms with Gasteiger partial charge in [-0.3, -0.25) is 0 Å². The molecule has 1 heterocycles. The third-order valence-electron chi connectivity index (χ3n) is 3.09. The molecule has 0 aliphatic heterocycles. The average molecular weight is 272 g/mol. The van der Waals surface area contributed by atoms with Gasteiger partial charge in [0.25, 0.3) is 0 Å². The number of anilines is 1. The summed E-state index contributed by atoms with van der Waals surface area (Å²) in [5.74, 6) is 0.972. The zero-order valence-corrected chi connectivity index (χ0v) is 11.1. The van der Waals surface area contributed by atoms with Crippen LogP contribution in [-0.2, 0) is 12.8 Å². The molecule has 0 amide bonds. The fourth-order valence-electron chi connectivity index (χ4n) is 2.16. The summed E-state index contributed by atoms with van der Waals surface area (Å²) in [6, 6.07) is 13.6. The largest absolute Gasteiger partial charge is 0.399 e. The van der Waals surface area contributed by atoms with Gasteiger partial charge in [-0.2, -0.15) is 0 Å². The van der Waals surface area contributed by atoms with E-state index in [9.17, 15) is 0 Å². The lowest BCUT2D eigenvalue weighted by Gasteiger charge is -2.00. The number of aromatic amines is 1.